The first-order valence-electron chi connectivity index (χ1n) is 8.46. The summed E-state index contributed by atoms with van der Waals surface area (Å²) in [5, 5.41) is 3.38. The molecule has 0 spiro atoms. The molecule has 1 heterocycles. The molecule has 0 aromatic heterocycles. The van der Waals surface area contributed by atoms with E-state index in [-0.39, 0.29) is 42.7 Å². The van der Waals surface area contributed by atoms with Gasteiger partial charge in [0.2, 0.25) is 11.8 Å². The normalized spacial score (nSPS) is 18.0. The fourth-order valence-corrected chi connectivity index (χ4v) is 3.19. The minimum atomic E-state index is -0.588. The zero-order valence-corrected chi connectivity index (χ0v) is 16.3. The van der Waals surface area contributed by atoms with E-state index in [9.17, 15) is 9.59 Å². The van der Waals surface area contributed by atoms with Gasteiger partial charge in [0.25, 0.3) is 0 Å². The average molecular weight is 388 g/mol. The van der Waals surface area contributed by atoms with Gasteiger partial charge in [0.1, 0.15) is 0 Å². The third-order valence-electron chi connectivity index (χ3n) is 4.55. The molecule has 5 nitrogen and oxygen atoms in total. The van der Waals surface area contributed by atoms with E-state index in [0.717, 1.165) is 36.4 Å². The van der Waals surface area contributed by atoms with Crippen molar-refractivity contribution in [2.24, 2.45) is 11.7 Å². The van der Waals surface area contributed by atoms with Crippen molar-refractivity contribution in [3.63, 3.8) is 0 Å². The van der Waals surface area contributed by atoms with Gasteiger partial charge in [-0.25, -0.2) is 0 Å². The van der Waals surface area contributed by atoms with Gasteiger partial charge in [-0.3, -0.25) is 9.59 Å². The molecule has 1 aliphatic heterocycles. The minimum Gasteiger partial charge on any atom is -0.346 e. The largest absolute Gasteiger partial charge is 0.346 e. The van der Waals surface area contributed by atoms with Crippen LogP contribution in [0.1, 0.15) is 32.3 Å². The summed E-state index contributed by atoms with van der Waals surface area (Å²) in [5.41, 5.74) is 6.84. The molecule has 3 N–H and O–H groups in total. The van der Waals surface area contributed by atoms with Crippen molar-refractivity contribution in [3.05, 3.63) is 34.9 Å². The van der Waals surface area contributed by atoms with Gasteiger partial charge in [-0.2, -0.15) is 0 Å². The Kier molecular flexibility index (Phi) is 8.69. The summed E-state index contributed by atoms with van der Waals surface area (Å²) in [6.45, 7) is 4.48. The molecule has 1 unspecified atom stereocenters. The first-order valence-corrected chi connectivity index (χ1v) is 8.84. The molecule has 2 amide bonds. The number of nitrogens with zero attached hydrogens (tertiary/aromatic N) is 1. The van der Waals surface area contributed by atoms with Crippen LogP contribution in [-0.4, -0.2) is 41.9 Å². The van der Waals surface area contributed by atoms with Crippen LogP contribution >= 0.6 is 24.0 Å². The van der Waals surface area contributed by atoms with Crippen LogP contribution < -0.4 is 11.1 Å². The Balaban J connectivity index is 0.00000312. The molecule has 0 bridgehead atoms. The van der Waals surface area contributed by atoms with Crippen LogP contribution in [0.15, 0.2) is 24.3 Å². The van der Waals surface area contributed by atoms with Crippen molar-refractivity contribution >= 4 is 35.8 Å². The van der Waals surface area contributed by atoms with E-state index in [0.29, 0.717) is 0 Å². The lowest BCUT2D eigenvalue weighted by Gasteiger charge is -2.26. The number of amides is 2. The van der Waals surface area contributed by atoms with Crippen molar-refractivity contribution < 1.29 is 9.59 Å². The average Bonchev–Trinajstić information content (AvgIpc) is 3.01. The van der Waals surface area contributed by atoms with Gasteiger partial charge in [0, 0.05) is 17.6 Å². The molecule has 7 heteroatoms. The molecule has 0 radical (unpaired) electrons. The molecule has 2 atom stereocenters. The Bertz CT molecular complexity index is 595. The summed E-state index contributed by atoms with van der Waals surface area (Å²) in [4.78, 5) is 26.2. The molecular weight excluding hydrogens is 361 g/mol. The van der Waals surface area contributed by atoms with E-state index in [1.165, 1.54) is 0 Å². The molecule has 1 aromatic rings. The number of likely N-dealkylation sites (tertiary alicyclic amines) is 1. The van der Waals surface area contributed by atoms with E-state index in [4.69, 9.17) is 17.3 Å². The molecule has 2 rings (SSSR count). The molecule has 140 valence electrons. The lowest BCUT2D eigenvalue weighted by atomic mass is 10.0. The van der Waals surface area contributed by atoms with Gasteiger partial charge in [-0.1, -0.05) is 43.6 Å². The molecule has 0 aliphatic carbocycles. The Morgan fingerprint density at radius 2 is 2.04 bits per heavy atom. The van der Waals surface area contributed by atoms with E-state index in [1.807, 2.05) is 43.0 Å². The van der Waals surface area contributed by atoms with Gasteiger partial charge in [-0.05, 0) is 36.8 Å². The number of hydrogen-bond acceptors (Lipinski definition) is 3. The van der Waals surface area contributed by atoms with Crippen molar-refractivity contribution in [1.82, 2.24) is 10.2 Å². The van der Waals surface area contributed by atoms with Crippen LogP contribution in [0.3, 0.4) is 0 Å². The van der Waals surface area contributed by atoms with E-state index >= 15 is 0 Å². The maximum atomic E-state index is 12.5. The van der Waals surface area contributed by atoms with Crippen molar-refractivity contribution in [2.75, 3.05) is 13.1 Å². The van der Waals surface area contributed by atoms with Crippen LogP contribution in [-0.2, 0) is 16.0 Å². The minimum absolute atomic E-state index is 0. The number of benzene rings is 1. The number of carbonyl (C=O) groups is 2. The highest BCUT2D eigenvalue weighted by Crippen LogP contribution is 2.24. The molecular formula is C18H27Cl2N3O2. The summed E-state index contributed by atoms with van der Waals surface area (Å²) >= 11 is 6.22. The van der Waals surface area contributed by atoms with Gasteiger partial charge >= 0.3 is 0 Å². The predicted octanol–water partition coefficient (Wildman–Crippen LogP) is 2.39. The second-order valence-corrected chi connectivity index (χ2v) is 7.07. The molecule has 1 aliphatic rings. The summed E-state index contributed by atoms with van der Waals surface area (Å²) in [7, 11) is 0. The number of hydrogen-bond donors (Lipinski definition) is 2. The highest BCUT2D eigenvalue weighted by molar-refractivity contribution is 6.31. The molecule has 0 saturated carbocycles. The van der Waals surface area contributed by atoms with Gasteiger partial charge < -0.3 is 16.0 Å². The number of halogens is 2. The highest BCUT2D eigenvalue weighted by Gasteiger charge is 2.29. The first-order chi connectivity index (χ1) is 11.4. The van der Waals surface area contributed by atoms with Crippen LogP contribution in [0.5, 0.6) is 0 Å². The fourth-order valence-electron chi connectivity index (χ4n) is 2.98. The lowest BCUT2D eigenvalue weighted by molar-refractivity contribution is -0.134. The lowest BCUT2D eigenvalue weighted by Crippen LogP contribution is -2.48. The summed E-state index contributed by atoms with van der Waals surface area (Å²) < 4.78 is 0. The van der Waals surface area contributed by atoms with E-state index < -0.39 is 6.04 Å². The van der Waals surface area contributed by atoms with Crippen LogP contribution in [0.2, 0.25) is 5.02 Å². The molecule has 25 heavy (non-hydrogen) atoms. The summed E-state index contributed by atoms with van der Waals surface area (Å²) in [5.74, 6) is -0.297. The quantitative estimate of drug-likeness (QED) is 0.786. The Morgan fingerprint density at radius 3 is 2.68 bits per heavy atom. The van der Waals surface area contributed by atoms with E-state index in [2.05, 4.69) is 5.32 Å². The maximum absolute atomic E-state index is 12.5. The van der Waals surface area contributed by atoms with Crippen molar-refractivity contribution in [2.45, 2.75) is 45.2 Å². The summed E-state index contributed by atoms with van der Waals surface area (Å²) in [6, 6.07) is 7.26. The van der Waals surface area contributed by atoms with Gasteiger partial charge in [0.15, 0.2) is 0 Å². The zero-order valence-electron chi connectivity index (χ0n) is 14.7. The van der Waals surface area contributed by atoms with Crippen molar-refractivity contribution in [1.29, 1.82) is 0 Å². The second kappa shape index (κ2) is 10.00. The SMILES string of the molecule is CC(C)[C@H](N)C(=O)NCC(=O)N1CCCC1Cc1ccccc1Cl.Cl. The second-order valence-electron chi connectivity index (χ2n) is 6.67. The smallest absolute Gasteiger partial charge is 0.242 e. The number of nitrogens with one attached hydrogen (secondary N) is 1. The zero-order chi connectivity index (χ0) is 17.7. The van der Waals surface area contributed by atoms with Crippen LogP contribution in [0.4, 0.5) is 0 Å². The Labute approximate surface area is 160 Å². The Morgan fingerprint density at radius 1 is 1.36 bits per heavy atom. The highest BCUT2D eigenvalue weighted by atomic mass is 35.5. The Hall–Kier alpha value is -1.30. The third-order valence-corrected chi connectivity index (χ3v) is 4.91. The molecule has 1 fully saturated rings. The monoisotopic (exact) mass is 387 g/mol. The molecule has 1 aromatic carbocycles. The van der Waals surface area contributed by atoms with Crippen LogP contribution in [0, 0.1) is 5.92 Å². The maximum Gasteiger partial charge on any atom is 0.242 e. The van der Waals surface area contributed by atoms with Crippen LogP contribution in [0.25, 0.3) is 0 Å². The van der Waals surface area contributed by atoms with E-state index in [1.54, 1.807) is 0 Å². The number of carbonyl (C=O) groups excluding carboxylic acids is 2. The fraction of sp³-hybridized carbons (Fsp3) is 0.556. The van der Waals surface area contributed by atoms with Crippen molar-refractivity contribution in [3.8, 4) is 0 Å². The summed E-state index contributed by atoms with van der Waals surface area (Å²) in [6.07, 6.45) is 2.67. The number of nitrogens with two attached hydrogens (primary N) is 1. The van der Waals surface area contributed by atoms with Gasteiger partial charge in [-0.15, -0.1) is 12.4 Å². The van der Waals surface area contributed by atoms with Gasteiger partial charge in [0.05, 0.1) is 12.6 Å². The standard InChI is InChI=1S/C18H26ClN3O2.ClH/c1-12(2)17(20)18(24)21-11-16(23)22-9-5-7-14(22)10-13-6-3-4-8-15(13)19;/h3-4,6,8,12,14,17H,5,7,9-11,20H2,1-2H3,(H,21,24);1H/t14?,17-;/m0./s1. The molecule has 1 saturated heterocycles. The third kappa shape index (κ3) is 5.87. The topological polar surface area (TPSA) is 75.4 Å². The first kappa shape index (κ1) is 21.7. The predicted molar refractivity (Wildman–Crippen MR) is 103 cm³/mol. The number of rotatable bonds is 6.